The molecule has 0 heterocycles. The fourth-order valence-electron chi connectivity index (χ4n) is 1.71. The van der Waals surface area contributed by atoms with Crippen LogP contribution < -0.4 is 5.32 Å². The minimum absolute atomic E-state index is 0.766. The predicted molar refractivity (Wildman–Crippen MR) is 80.3 cm³/mol. The topological polar surface area (TPSA) is 45.0 Å². The van der Waals surface area contributed by atoms with Gasteiger partial charge in [0.2, 0.25) is 0 Å². The lowest BCUT2D eigenvalue weighted by Crippen LogP contribution is -2.19. The summed E-state index contributed by atoms with van der Waals surface area (Å²) in [5.41, 5.74) is 3.10. The van der Waals surface area contributed by atoms with E-state index in [2.05, 4.69) is 17.5 Å². The lowest BCUT2D eigenvalue weighted by atomic mass is 10.0. The summed E-state index contributed by atoms with van der Waals surface area (Å²) in [6.45, 7) is 8.75. The molecule has 0 bridgehead atoms. The van der Waals surface area contributed by atoms with Gasteiger partial charge < -0.3 is 10.1 Å². The van der Waals surface area contributed by atoms with E-state index in [0.29, 0.717) is 0 Å². The van der Waals surface area contributed by atoms with Crippen LogP contribution in [0.4, 0.5) is 0 Å². The zero-order valence-electron chi connectivity index (χ0n) is 12.6. The number of benzene rings is 1. The lowest BCUT2D eigenvalue weighted by Gasteiger charge is -2.06. The van der Waals surface area contributed by atoms with Crippen LogP contribution in [0.1, 0.15) is 37.0 Å². The number of nitrogens with zero attached hydrogens (tertiary/aromatic N) is 1. The highest BCUT2D eigenvalue weighted by Crippen LogP contribution is 2.10. The van der Waals surface area contributed by atoms with Gasteiger partial charge in [-0.25, -0.2) is 0 Å². The maximum absolute atomic E-state index is 8.83. The Kier molecular flexibility index (Phi) is 10.9. The molecule has 0 spiro atoms. The fourth-order valence-corrected chi connectivity index (χ4v) is 1.71. The van der Waals surface area contributed by atoms with Gasteiger partial charge in [0.15, 0.2) is 0 Å². The smallest absolute Gasteiger partial charge is 0.0994 e. The van der Waals surface area contributed by atoms with Gasteiger partial charge in [-0.2, -0.15) is 5.26 Å². The summed E-state index contributed by atoms with van der Waals surface area (Å²) in [7, 11) is 1.72. The second-order valence-corrected chi connectivity index (χ2v) is 4.11. The molecule has 3 heteroatoms. The minimum Gasteiger partial charge on any atom is -0.385 e. The quantitative estimate of drug-likeness (QED) is 0.768. The van der Waals surface area contributed by atoms with Crippen molar-refractivity contribution in [3.63, 3.8) is 0 Å². The molecule has 0 amide bonds. The molecule has 0 aliphatic heterocycles. The molecule has 106 valence electrons. The van der Waals surface area contributed by atoms with Crippen LogP contribution in [0, 0.1) is 18.3 Å². The molecule has 0 aromatic heterocycles. The van der Waals surface area contributed by atoms with Gasteiger partial charge >= 0.3 is 0 Å². The highest BCUT2D eigenvalue weighted by Gasteiger charge is 1.99. The van der Waals surface area contributed by atoms with Gasteiger partial charge in [0.25, 0.3) is 0 Å². The summed E-state index contributed by atoms with van der Waals surface area (Å²) in [4.78, 5) is 0. The van der Waals surface area contributed by atoms with Gasteiger partial charge in [-0.15, -0.1) is 0 Å². The van der Waals surface area contributed by atoms with E-state index in [1.807, 2.05) is 32.9 Å². The van der Waals surface area contributed by atoms with Crippen LogP contribution in [0.2, 0.25) is 0 Å². The van der Waals surface area contributed by atoms with Crippen molar-refractivity contribution in [2.45, 2.75) is 33.6 Å². The zero-order chi connectivity index (χ0) is 14.5. The van der Waals surface area contributed by atoms with E-state index in [1.165, 1.54) is 5.56 Å². The average Bonchev–Trinajstić information content (AvgIpc) is 2.45. The Balaban J connectivity index is 0.00000154. The van der Waals surface area contributed by atoms with Crippen molar-refractivity contribution in [3.05, 3.63) is 34.9 Å². The summed E-state index contributed by atoms with van der Waals surface area (Å²) in [5.74, 6) is 0. The van der Waals surface area contributed by atoms with Crippen LogP contribution >= 0.6 is 0 Å². The highest BCUT2D eigenvalue weighted by molar-refractivity contribution is 5.39. The van der Waals surface area contributed by atoms with Gasteiger partial charge in [-0.1, -0.05) is 26.0 Å². The summed E-state index contributed by atoms with van der Waals surface area (Å²) in [6, 6.07) is 8.20. The minimum atomic E-state index is 0.766. The first-order chi connectivity index (χ1) is 9.27. The van der Waals surface area contributed by atoms with Crippen molar-refractivity contribution in [1.29, 1.82) is 5.26 Å². The molecule has 3 nitrogen and oxygen atoms in total. The number of methoxy groups -OCH3 is 1. The number of nitrogens with one attached hydrogen (secondary N) is 1. The summed E-state index contributed by atoms with van der Waals surface area (Å²) in [5, 5.41) is 12.2. The molecule has 0 aliphatic rings. The third kappa shape index (κ3) is 7.61. The number of rotatable bonds is 7. The summed E-state index contributed by atoms with van der Waals surface area (Å²) >= 11 is 0. The Morgan fingerprint density at radius 1 is 1.26 bits per heavy atom. The maximum atomic E-state index is 8.83. The van der Waals surface area contributed by atoms with Crippen LogP contribution in [0.5, 0.6) is 0 Å². The first kappa shape index (κ1) is 17.6. The second kappa shape index (κ2) is 11.7. The van der Waals surface area contributed by atoms with Gasteiger partial charge in [0, 0.05) is 13.7 Å². The molecule has 0 fully saturated rings. The standard InChI is InChI=1S/C14H20N2O.C2H6/c1-12-10-13(4-5-14(12)11-15)6-8-16-7-3-9-17-2;1-2/h4-5,10,16H,3,6-9H2,1-2H3;1-2H3. The third-order valence-electron chi connectivity index (χ3n) is 2.70. The van der Waals surface area contributed by atoms with Gasteiger partial charge in [-0.05, 0) is 50.0 Å². The summed E-state index contributed by atoms with van der Waals surface area (Å²) in [6.07, 6.45) is 2.04. The van der Waals surface area contributed by atoms with E-state index in [-0.39, 0.29) is 0 Å². The maximum Gasteiger partial charge on any atom is 0.0994 e. The van der Waals surface area contributed by atoms with E-state index in [4.69, 9.17) is 10.00 Å². The van der Waals surface area contributed by atoms with Crippen molar-refractivity contribution in [2.75, 3.05) is 26.8 Å². The monoisotopic (exact) mass is 262 g/mol. The first-order valence-corrected chi connectivity index (χ1v) is 6.97. The number of hydrogen-bond donors (Lipinski definition) is 1. The zero-order valence-corrected chi connectivity index (χ0v) is 12.6. The number of aryl methyl sites for hydroxylation is 1. The molecular weight excluding hydrogens is 236 g/mol. The Morgan fingerprint density at radius 3 is 2.58 bits per heavy atom. The molecule has 1 rings (SSSR count). The average molecular weight is 262 g/mol. The number of ether oxygens (including phenoxy) is 1. The number of hydrogen-bond acceptors (Lipinski definition) is 3. The molecule has 0 saturated heterocycles. The van der Waals surface area contributed by atoms with Crippen molar-refractivity contribution in [1.82, 2.24) is 5.32 Å². The van der Waals surface area contributed by atoms with Crippen molar-refractivity contribution in [2.24, 2.45) is 0 Å². The largest absolute Gasteiger partial charge is 0.385 e. The molecule has 0 aliphatic carbocycles. The Labute approximate surface area is 117 Å². The van der Waals surface area contributed by atoms with Gasteiger partial charge in [0.1, 0.15) is 0 Å². The van der Waals surface area contributed by atoms with Crippen LogP contribution in [-0.4, -0.2) is 26.8 Å². The normalized spacial score (nSPS) is 9.42. The van der Waals surface area contributed by atoms with E-state index < -0.39 is 0 Å². The van der Waals surface area contributed by atoms with Crippen LogP contribution in [0.25, 0.3) is 0 Å². The molecule has 0 unspecified atom stereocenters. The van der Waals surface area contributed by atoms with Crippen molar-refractivity contribution in [3.8, 4) is 6.07 Å². The Bertz CT molecular complexity index is 383. The number of nitriles is 1. The lowest BCUT2D eigenvalue weighted by molar-refractivity contribution is 0.194. The van der Waals surface area contributed by atoms with Crippen molar-refractivity contribution >= 4 is 0 Å². The van der Waals surface area contributed by atoms with Gasteiger partial charge in [-0.3, -0.25) is 0 Å². The molecule has 0 radical (unpaired) electrons. The Hall–Kier alpha value is -1.37. The van der Waals surface area contributed by atoms with E-state index in [9.17, 15) is 0 Å². The first-order valence-electron chi connectivity index (χ1n) is 6.97. The van der Waals surface area contributed by atoms with E-state index >= 15 is 0 Å². The molecule has 0 atom stereocenters. The second-order valence-electron chi connectivity index (χ2n) is 4.11. The SMILES string of the molecule is CC.COCCCNCCc1ccc(C#N)c(C)c1. The van der Waals surface area contributed by atoms with Crippen LogP contribution in [0.15, 0.2) is 18.2 Å². The highest BCUT2D eigenvalue weighted by atomic mass is 16.5. The predicted octanol–water partition coefficient (Wildman–Crippen LogP) is 3.06. The van der Waals surface area contributed by atoms with Crippen LogP contribution in [-0.2, 0) is 11.2 Å². The van der Waals surface area contributed by atoms with E-state index in [0.717, 1.165) is 43.7 Å². The molecule has 1 aromatic carbocycles. The summed E-state index contributed by atoms with van der Waals surface area (Å²) < 4.78 is 4.98. The molecule has 1 N–H and O–H groups in total. The van der Waals surface area contributed by atoms with Gasteiger partial charge in [0.05, 0.1) is 11.6 Å². The molecule has 0 saturated carbocycles. The van der Waals surface area contributed by atoms with Crippen molar-refractivity contribution < 1.29 is 4.74 Å². The Morgan fingerprint density at radius 2 is 2.00 bits per heavy atom. The fraction of sp³-hybridized carbons (Fsp3) is 0.562. The van der Waals surface area contributed by atoms with E-state index in [1.54, 1.807) is 7.11 Å². The van der Waals surface area contributed by atoms with Crippen LogP contribution in [0.3, 0.4) is 0 Å². The molecular formula is C16H26N2O. The molecule has 19 heavy (non-hydrogen) atoms. The third-order valence-corrected chi connectivity index (χ3v) is 2.70. The molecule has 1 aromatic rings.